The average Bonchev–Trinajstić information content (AvgIpc) is 3.20. The van der Waals surface area contributed by atoms with Crippen molar-refractivity contribution in [2.75, 3.05) is 25.5 Å². The zero-order valence-electron chi connectivity index (χ0n) is 15.0. The summed E-state index contributed by atoms with van der Waals surface area (Å²) in [4.78, 5) is 6.58. The minimum atomic E-state index is 0.124. The van der Waals surface area contributed by atoms with E-state index in [0.29, 0.717) is 10.6 Å². The van der Waals surface area contributed by atoms with Crippen molar-refractivity contribution < 1.29 is 5.11 Å². The van der Waals surface area contributed by atoms with Crippen LogP contribution >= 0.6 is 11.3 Å². The Morgan fingerprint density at radius 2 is 1.93 bits per heavy atom. The first-order valence-electron chi connectivity index (χ1n) is 8.49. The van der Waals surface area contributed by atoms with Gasteiger partial charge in [-0.25, -0.2) is 9.99 Å². The fourth-order valence-corrected chi connectivity index (χ4v) is 3.90. The lowest BCUT2D eigenvalue weighted by Gasteiger charge is -2.13. The summed E-state index contributed by atoms with van der Waals surface area (Å²) in [6.07, 6.45) is 1.70. The van der Waals surface area contributed by atoms with E-state index in [2.05, 4.69) is 10.1 Å². The number of aliphatic hydroxyl groups is 1. The molecule has 0 radical (unpaired) electrons. The molecule has 2 heterocycles. The third-order valence-corrected chi connectivity index (χ3v) is 5.40. The Kier molecular flexibility index (Phi) is 4.37. The summed E-state index contributed by atoms with van der Waals surface area (Å²) in [6.45, 7) is 0.177. The average molecular weight is 377 g/mol. The van der Waals surface area contributed by atoms with Crippen LogP contribution in [0.25, 0.3) is 15.8 Å². The summed E-state index contributed by atoms with van der Waals surface area (Å²) >= 11 is 1.47. The third kappa shape index (κ3) is 3.29. The van der Waals surface area contributed by atoms with E-state index in [9.17, 15) is 5.11 Å². The second-order valence-corrected chi connectivity index (χ2v) is 7.48. The largest absolute Gasteiger partial charge is 0.509 e. The first kappa shape index (κ1) is 17.2. The summed E-state index contributed by atoms with van der Waals surface area (Å²) in [5.74, 6) is 0.284. The van der Waals surface area contributed by atoms with Crippen LogP contribution in [-0.4, -0.2) is 47.8 Å². The number of hydrogen-bond donors (Lipinski definition) is 2. The van der Waals surface area contributed by atoms with Crippen molar-refractivity contribution in [3.8, 4) is 0 Å². The molecule has 0 bridgehead atoms. The lowest BCUT2D eigenvalue weighted by atomic mass is 10.2. The Balaban J connectivity index is 1.54. The third-order valence-electron chi connectivity index (χ3n) is 4.35. The maximum atomic E-state index is 10.4. The molecule has 1 aromatic heterocycles. The van der Waals surface area contributed by atoms with Crippen LogP contribution in [0, 0.1) is 5.41 Å². The molecule has 2 aromatic carbocycles. The highest BCUT2D eigenvalue weighted by molar-refractivity contribution is 7.19. The van der Waals surface area contributed by atoms with E-state index >= 15 is 0 Å². The molecule has 0 saturated heterocycles. The number of rotatable bonds is 4. The van der Waals surface area contributed by atoms with Crippen LogP contribution in [0.5, 0.6) is 0 Å². The summed E-state index contributed by atoms with van der Waals surface area (Å²) in [5, 5.41) is 25.3. The molecule has 0 spiro atoms. The normalized spacial score (nSPS) is 14.7. The number of hydrogen-bond acceptors (Lipinski definition) is 6. The first-order chi connectivity index (χ1) is 13.0. The standard InChI is InChI=1S/C20H19N5OS/c1-24(2)14-9-7-13(8-10-14)11-22-25-12-16(26)18(19(25)21)20-23-15-5-3-4-6-17(15)27-20/h3-11,21,26H,12H2,1-2H3. The van der Waals surface area contributed by atoms with E-state index < -0.39 is 0 Å². The molecule has 27 heavy (non-hydrogen) atoms. The Morgan fingerprint density at radius 1 is 1.19 bits per heavy atom. The molecule has 0 atom stereocenters. The molecule has 0 fully saturated rings. The van der Waals surface area contributed by atoms with Gasteiger partial charge in [-0.15, -0.1) is 11.3 Å². The number of fused-ring (bicyclic) bond motifs is 1. The Bertz CT molecular complexity index is 1030. The van der Waals surface area contributed by atoms with Crippen molar-refractivity contribution in [1.29, 1.82) is 5.41 Å². The zero-order chi connectivity index (χ0) is 19.0. The molecular formula is C20H19N5OS. The van der Waals surface area contributed by atoms with Gasteiger partial charge in [0, 0.05) is 19.8 Å². The second-order valence-electron chi connectivity index (χ2n) is 6.45. The monoisotopic (exact) mass is 377 g/mol. The Labute approximate surface area is 161 Å². The van der Waals surface area contributed by atoms with E-state index in [1.165, 1.54) is 16.3 Å². The summed E-state index contributed by atoms with van der Waals surface area (Å²) in [6, 6.07) is 15.8. The molecule has 0 saturated carbocycles. The van der Waals surface area contributed by atoms with Gasteiger partial charge in [0.25, 0.3) is 0 Å². The summed E-state index contributed by atoms with van der Waals surface area (Å²) in [5.41, 5.74) is 3.37. The van der Waals surface area contributed by atoms with Gasteiger partial charge in [0.2, 0.25) is 0 Å². The predicted molar refractivity (Wildman–Crippen MR) is 112 cm³/mol. The maximum absolute atomic E-state index is 10.4. The van der Waals surface area contributed by atoms with Crippen LogP contribution in [0.4, 0.5) is 5.69 Å². The summed E-state index contributed by atoms with van der Waals surface area (Å²) in [7, 11) is 3.99. The first-order valence-corrected chi connectivity index (χ1v) is 9.30. The molecule has 0 unspecified atom stereocenters. The number of nitrogens with one attached hydrogen (secondary N) is 1. The van der Waals surface area contributed by atoms with Crippen LogP contribution in [0.3, 0.4) is 0 Å². The fourth-order valence-electron chi connectivity index (χ4n) is 2.86. The van der Waals surface area contributed by atoms with Crippen molar-refractivity contribution >= 4 is 44.9 Å². The van der Waals surface area contributed by atoms with Gasteiger partial charge in [0.05, 0.1) is 22.0 Å². The Hall–Kier alpha value is -3.19. The quantitative estimate of drug-likeness (QED) is 0.675. The van der Waals surface area contributed by atoms with Gasteiger partial charge in [-0.1, -0.05) is 24.3 Å². The van der Waals surface area contributed by atoms with E-state index in [1.807, 2.05) is 67.5 Å². The molecule has 136 valence electrons. The molecule has 0 aliphatic carbocycles. The van der Waals surface area contributed by atoms with E-state index in [1.54, 1.807) is 6.21 Å². The lowest BCUT2D eigenvalue weighted by Crippen LogP contribution is -2.20. The van der Waals surface area contributed by atoms with E-state index in [4.69, 9.17) is 5.41 Å². The lowest BCUT2D eigenvalue weighted by molar-refractivity contribution is 0.358. The number of para-hydroxylation sites is 1. The molecule has 2 N–H and O–H groups in total. The molecule has 6 nitrogen and oxygen atoms in total. The molecule has 0 amide bonds. The minimum Gasteiger partial charge on any atom is -0.509 e. The predicted octanol–water partition coefficient (Wildman–Crippen LogP) is 3.96. The Morgan fingerprint density at radius 3 is 2.63 bits per heavy atom. The minimum absolute atomic E-state index is 0.124. The highest BCUT2D eigenvalue weighted by atomic mass is 32.1. The smallest absolute Gasteiger partial charge is 0.155 e. The van der Waals surface area contributed by atoms with Gasteiger partial charge in [-0.05, 0) is 29.8 Å². The SMILES string of the molecule is CN(C)c1ccc(C=NN2CC(O)=C(c3nc4ccccc4s3)C2=N)cc1. The molecule has 7 heteroatoms. The van der Waals surface area contributed by atoms with E-state index in [0.717, 1.165) is 21.5 Å². The maximum Gasteiger partial charge on any atom is 0.155 e. The van der Waals surface area contributed by atoms with Crippen LogP contribution in [0.1, 0.15) is 10.6 Å². The number of thiazole rings is 1. The van der Waals surface area contributed by atoms with Crippen molar-refractivity contribution in [3.63, 3.8) is 0 Å². The van der Waals surface area contributed by atoms with E-state index in [-0.39, 0.29) is 18.1 Å². The van der Waals surface area contributed by atoms with Crippen molar-refractivity contribution in [2.24, 2.45) is 5.10 Å². The second kappa shape index (κ2) is 6.85. The van der Waals surface area contributed by atoms with Crippen molar-refractivity contribution in [2.45, 2.75) is 0 Å². The number of benzene rings is 2. The van der Waals surface area contributed by atoms with Crippen LogP contribution < -0.4 is 4.90 Å². The highest BCUT2D eigenvalue weighted by Gasteiger charge is 2.30. The zero-order valence-corrected chi connectivity index (χ0v) is 15.9. The van der Waals surface area contributed by atoms with Crippen molar-refractivity contribution in [3.05, 3.63) is 64.9 Å². The van der Waals surface area contributed by atoms with Gasteiger partial charge in [-0.2, -0.15) is 5.10 Å². The number of nitrogens with zero attached hydrogens (tertiary/aromatic N) is 4. The number of aromatic nitrogens is 1. The molecule has 3 aromatic rings. The molecule has 4 rings (SSSR count). The van der Waals surface area contributed by atoms with Gasteiger partial charge in [0.15, 0.2) is 5.84 Å². The van der Waals surface area contributed by atoms with Crippen LogP contribution in [-0.2, 0) is 0 Å². The fraction of sp³-hybridized carbons (Fsp3) is 0.150. The number of amidine groups is 1. The number of anilines is 1. The van der Waals surface area contributed by atoms with Crippen molar-refractivity contribution in [1.82, 2.24) is 9.99 Å². The topological polar surface area (TPSA) is 75.8 Å². The molecule has 1 aliphatic heterocycles. The van der Waals surface area contributed by atoms with Gasteiger partial charge in [-0.3, -0.25) is 5.41 Å². The van der Waals surface area contributed by atoms with Gasteiger partial charge >= 0.3 is 0 Å². The van der Waals surface area contributed by atoms with Gasteiger partial charge in [0.1, 0.15) is 17.3 Å². The van der Waals surface area contributed by atoms with Crippen LogP contribution in [0.2, 0.25) is 0 Å². The summed E-state index contributed by atoms with van der Waals surface area (Å²) < 4.78 is 1.03. The molecular weight excluding hydrogens is 358 g/mol. The molecule has 1 aliphatic rings. The number of aliphatic hydroxyl groups excluding tert-OH is 1. The van der Waals surface area contributed by atoms with Crippen LogP contribution in [0.15, 0.2) is 59.4 Å². The highest BCUT2D eigenvalue weighted by Crippen LogP contribution is 2.33. The van der Waals surface area contributed by atoms with Gasteiger partial charge < -0.3 is 10.0 Å². The number of hydrazone groups is 1.